The maximum Gasteiger partial charge on any atom is 0.226 e. The number of carbonyl (C=O) groups is 2. The minimum Gasteiger partial charge on any atom is -0.326 e. The monoisotopic (exact) mass is 282 g/mol. The molecule has 104 valence electrons. The lowest BCUT2D eigenvalue weighted by Gasteiger charge is -2.09. The lowest BCUT2D eigenvalue weighted by molar-refractivity contribution is -0.119. The molecule has 0 aromatic heterocycles. The van der Waals surface area contributed by atoms with Gasteiger partial charge in [-0.15, -0.1) is 11.6 Å². The van der Waals surface area contributed by atoms with Gasteiger partial charge in [0.1, 0.15) is 0 Å². The summed E-state index contributed by atoms with van der Waals surface area (Å²) in [5.41, 5.74) is 1.43. The van der Waals surface area contributed by atoms with Gasteiger partial charge in [-0.1, -0.05) is 13.8 Å². The number of amides is 2. The van der Waals surface area contributed by atoms with Crippen molar-refractivity contribution < 1.29 is 9.59 Å². The summed E-state index contributed by atoms with van der Waals surface area (Å²) >= 11 is 5.52. The van der Waals surface area contributed by atoms with Gasteiger partial charge in [-0.3, -0.25) is 9.59 Å². The van der Waals surface area contributed by atoms with Gasteiger partial charge in [0, 0.05) is 29.6 Å². The normalized spacial score (nSPS) is 10.3. The second kappa shape index (κ2) is 7.79. The molecule has 0 atom stereocenters. The van der Waals surface area contributed by atoms with Crippen LogP contribution in [0.1, 0.15) is 26.7 Å². The third kappa shape index (κ3) is 5.75. The van der Waals surface area contributed by atoms with Crippen molar-refractivity contribution in [2.75, 3.05) is 16.5 Å². The molecule has 0 saturated heterocycles. The first-order valence-electron chi connectivity index (χ1n) is 6.29. The number of alkyl halides is 1. The van der Waals surface area contributed by atoms with Crippen molar-refractivity contribution in [3.05, 3.63) is 24.3 Å². The Labute approximate surface area is 118 Å². The van der Waals surface area contributed by atoms with Gasteiger partial charge in [0.25, 0.3) is 0 Å². The van der Waals surface area contributed by atoms with E-state index in [1.54, 1.807) is 24.3 Å². The van der Waals surface area contributed by atoms with Crippen LogP contribution in [-0.4, -0.2) is 17.7 Å². The molecule has 19 heavy (non-hydrogen) atoms. The molecule has 1 rings (SSSR count). The van der Waals surface area contributed by atoms with E-state index in [4.69, 9.17) is 11.6 Å². The highest BCUT2D eigenvalue weighted by atomic mass is 35.5. The summed E-state index contributed by atoms with van der Waals surface area (Å²) in [6, 6.07) is 7.04. The Balaban J connectivity index is 2.52. The van der Waals surface area contributed by atoms with Crippen molar-refractivity contribution in [1.29, 1.82) is 0 Å². The van der Waals surface area contributed by atoms with Crippen molar-refractivity contribution >= 4 is 34.8 Å². The van der Waals surface area contributed by atoms with Gasteiger partial charge in [0.05, 0.1) is 0 Å². The number of halogens is 1. The molecular formula is C14H19ClN2O2. The highest BCUT2D eigenvalue weighted by molar-refractivity contribution is 6.18. The van der Waals surface area contributed by atoms with Crippen LogP contribution < -0.4 is 10.6 Å². The number of rotatable bonds is 6. The van der Waals surface area contributed by atoms with E-state index >= 15 is 0 Å². The van der Waals surface area contributed by atoms with Crippen molar-refractivity contribution in [3.8, 4) is 0 Å². The van der Waals surface area contributed by atoms with E-state index in [0.717, 1.165) is 5.69 Å². The van der Waals surface area contributed by atoms with E-state index in [0.29, 0.717) is 24.4 Å². The number of benzene rings is 1. The van der Waals surface area contributed by atoms with E-state index in [2.05, 4.69) is 10.6 Å². The van der Waals surface area contributed by atoms with Crippen LogP contribution in [0, 0.1) is 5.92 Å². The summed E-state index contributed by atoms with van der Waals surface area (Å²) in [6.45, 7) is 3.67. The smallest absolute Gasteiger partial charge is 0.226 e. The molecule has 0 radical (unpaired) electrons. The predicted octanol–water partition coefficient (Wildman–Crippen LogP) is 3.24. The second-order valence-corrected chi connectivity index (χ2v) is 4.94. The molecule has 0 heterocycles. The fraction of sp³-hybridized carbons (Fsp3) is 0.429. The quantitative estimate of drug-likeness (QED) is 0.787. The third-order valence-corrected chi connectivity index (χ3v) is 2.77. The summed E-state index contributed by atoms with van der Waals surface area (Å²) in [6.07, 6.45) is 1.07. The molecular weight excluding hydrogens is 264 g/mol. The van der Waals surface area contributed by atoms with Crippen molar-refractivity contribution in [1.82, 2.24) is 0 Å². The molecule has 0 aliphatic rings. The highest BCUT2D eigenvalue weighted by Crippen LogP contribution is 2.14. The average Bonchev–Trinajstić information content (AvgIpc) is 2.38. The first kappa shape index (κ1) is 15.5. The van der Waals surface area contributed by atoms with Crippen LogP contribution in [0.15, 0.2) is 24.3 Å². The molecule has 2 N–H and O–H groups in total. The molecule has 0 saturated carbocycles. The van der Waals surface area contributed by atoms with Gasteiger partial charge in [-0.25, -0.2) is 0 Å². The van der Waals surface area contributed by atoms with Gasteiger partial charge in [0.2, 0.25) is 11.8 Å². The molecule has 1 aromatic rings. The summed E-state index contributed by atoms with van der Waals surface area (Å²) in [5.74, 6) is 0.335. The number of hydrogen-bond acceptors (Lipinski definition) is 2. The van der Waals surface area contributed by atoms with Crippen LogP contribution in [0.2, 0.25) is 0 Å². The van der Waals surface area contributed by atoms with Gasteiger partial charge in [0.15, 0.2) is 0 Å². The minimum absolute atomic E-state index is 0.0288. The Morgan fingerprint density at radius 1 is 1.11 bits per heavy atom. The summed E-state index contributed by atoms with van der Waals surface area (Å²) in [4.78, 5) is 23.0. The Bertz CT molecular complexity index is 430. The highest BCUT2D eigenvalue weighted by Gasteiger charge is 2.07. The molecule has 0 spiro atoms. The molecule has 0 fully saturated rings. The molecule has 2 amide bonds. The van der Waals surface area contributed by atoms with Crippen LogP contribution in [-0.2, 0) is 9.59 Å². The van der Waals surface area contributed by atoms with Gasteiger partial charge in [-0.05, 0) is 30.7 Å². The van der Waals surface area contributed by atoms with E-state index in [-0.39, 0.29) is 17.7 Å². The lowest BCUT2D eigenvalue weighted by atomic mass is 10.2. The molecule has 4 nitrogen and oxygen atoms in total. The predicted molar refractivity (Wildman–Crippen MR) is 78.5 cm³/mol. The number of carbonyl (C=O) groups excluding carboxylic acids is 2. The first-order valence-corrected chi connectivity index (χ1v) is 6.83. The maximum absolute atomic E-state index is 11.5. The topological polar surface area (TPSA) is 58.2 Å². The maximum atomic E-state index is 11.5. The van der Waals surface area contributed by atoms with Crippen LogP contribution in [0.3, 0.4) is 0 Å². The summed E-state index contributed by atoms with van der Waals surface area (Å²) in [7, 11) is 0. The SMILES string of the molecule is CC(C)C(=O)Nc1ccc(NC(=O)CCCCl)cc1. The Kier molecular flexibility index (Phi) is 6.36. The number of hydrogen-bond donors (Lipinski definition) is 2. The first-order chi connectivity index (χ1) is 9.02. The van der Waals surface area contributed by atoms with Crippen molar-refractivity contribution in [2.45, 2.75) is 26.7 Å². The molecule has 0 aliphatic carbocycles. The van der Waals surface area contributed by atoms with Gasteiger partial charge >= 0.3 is 0 Å². The van der Waals surface area contributed by atoms with Crippen LogP contribution in [0.25, 0.3) is 0 Å². The summed E-state index contributed by atoms with van der Waals surface area (Å²) in [5, 5.41) is 5.56. The second-order valence-electron chi connectivity index (χ2n) is 4.56. The molecule has 5 heteroatoms. The lowest BCUT2D eigenvalue weighted by Crippen LogP contribution is -2.17. The molecule has 0 unspecified atom stereocenters. The molecule has 0 bridgehead atoms. The zero-order valence-electron chi connectivity index (χ0n) is 11.2. The van der Waals surface area contributed by atoms with E-state index < -0.39 is 0 Å². The Hall–Kier alpha value is -1.55. The zero-order chi connectivity index (χ0) is 14.3. The van der Waals surface area contributed by atoms with Crippen molar-refractivity contribution in [2.24, 2.45) is 5.92 Å². The van der Waals surface area contributed by atoms with E-state index in [9.17, 15) is 9.59 Å². The average molecular weight is 283 g/mol. The molecule has 1 aromatic carbocycles. The standard InChI is InChI=1S/C14H19ClN2O2/c1-10(2)14(19)17-12-7-5-11(6-8-12)16-13(18)4-3-9-15/h5-8,10H,3-4,9H2,1-2H3,(H,16,18)(H,17,19). The van der Waals surface area contributed by atoms with Crippen LogP contribution >= 0.6 is 11.6 Å². The van der Waals surface area contributed by atoms with Gasteiger partial charge in [-0.2, -0.15) is 0 Å². The van der Waals surface area contributed by atoms with Crippen LogP contribution in [0.4, 0.5) is 11.4 Å². The minimum atomic E-state index is -0.0602. The van der Waals surface area contributed by atoms with Gasteiger partial charge < -0.3 is 10.6 Å². The van der Waals surface area contributed by atoms with Crippen molar-refractivity contribution in [3.63, 3.8) is 0 Å². The zero-order valence-corrected chi connectivity index (χ0v) is 12.0. The van der Waals surface area contributed by atoms with E-state index in [1.807, 2.05) is 13.8 Å². The fourth-order valence-electron chi connectivity index (χ4n) is 1.37. The number of nitrogens with one attached hydrogen (secondary N) is 2. The fourth-order valence-corrected chi connectivity index (χ4v) is 1.51. The summed E-state index contributed by atoms with van der Waals surface area (Å²) < 4.78 is 0. The molecule has 0 aliphatic heterocycles. The Morgan fingerprint density at radius 3 is 2.11 bits per heavy atom. The third-order valence-electron chi connectivity index (χ3n) is 2.50. The van der Waals surface area contributed by atoms with Crippen LogP contribution in [0.5, 0.6) is 0 Å². The van der Waals surface area contributed by atoms with E-state index in [1.165, 1.54) is 0 Å². The Morgan fingerprint density at radius 2 is 1.63 bits per heavy atom. The number of anilines is 2. The largest absolute Gasteiger partial charge is 0.326 e.